The van der Waals surface area contributed by atoms with Crippen molar-refractivity contribution in [1.29, 1.82) is 0 Å². The summed E-state index contributed by atoms with van der Waals surface area (Å²) < 4.78 is 44.5. The normalized spacial score (nSPS) is 10.8. The van der Waals surface area contributed by atoms with Gasteiger partial charge in [-0.25, -0.2) is 0 Å². The molecule has 1 amide bonds. The number of benzene rings is 2. The van der Waals surface area contributed by atoms with Crippen LogP contribution in [-0.4, -0.2) is 33.8 Å². The molecule has 1 N–H and O–H groups in total. The molecular formula is C20H21F2NO5. The minimum absolute atomic E-state index is 0.0794. The lowest BCUT2D eigenvalue weighted by atomic mass is 10.1. The molecule has 150 valence electrons. The standard InChI is InChI=1S/C20H21F2NO5/c1-25-15-6-8-16(26-2)14(11-15)12-23-19(24)9-5-13-4-7-17(28-20(21)22)18(10-13)27-3/h4-11,20H,12H2,1-3H3,(H,23,24)/b9-5+. The monoisotopic (exact) mass is 393 g/mol. The summed E-state index contributed by atoms with van der Waals surface area (Å²) in [6, 6.07) is 9.67. The SMILES string of the molecule is COc1ccc(OC)c(CNC(=O)/C=C/c2ccc(OC(F)F)c(OC)c2)c1. The number of rotatable bonds is 9. The third kappa shape index (κ3) is 5.87. The third-order valence-electron chi connectivity index (χ3n) is 3.77. The summed E-state index contributed by atoms with van der Waals surface area (Å²) in [5.41, 5.74) is 1.35. The first-order valence-electron chi connectivity index (χ1n) is 8.26. The van der Waals surface area contributed by atoms with Gasteiger partial charge < -0.3 is 24.3 Å². The van der Waals surface area contributed by atoms with Gasteiger partial charge in [0.1, 0.15) is 11.5 Å². The summed E-state index contributed by atoms with van der Waals surface area (Å²) in [5, 5.41) is 2.74. The van der Waals surface area contributed by atoms with Crippen LogP contribution in [0.5, 0.6) is 23.0 Å². The van der Waals surface area contributed by atoms with E-state index < -0.39 is 6.61 Å². The maximum Gasteiger partial charge on any atom is 0.387 e. The molecule has 0 fully saturated rings. The Labute approximate surface area is 161 Å². The van der Waals surface area contributed by atoms with Crippen LogP contribution in [-0.2, 0) is 11.3 Å². The number of nitrogens with one attached hydrogen (secondary N) is 1. The Morgan fingerprint density at radius 2 is 1.71 bits per heavy atom. The van der Waals surface area contributed by atoms with Gasteiger partial charge in [-0.3, -0.25) is 4.79 Å². The number of carbonyl (C=O) groups is 1. The number of carbonyl (C=O) groups excluding carboxylic acids is 1. The molecule has 0 aromatic heterocycles. The van der Waals surface area contributed by atoms with Crippen molar-refractivity contribution < 1.29 is 32.5 Å². The summed E-state index contributed by atoms with van der Waals surface area (Å²) in [5.74, 6) is 1.01. The van der Waals surface area contributed by atoms with Crippen molar-refractivity contribution in [2.75, 3.05) is 21.3 Å². The van der Waals surface area contributed by atoms with Gasteiger partial charge in [0.05, 0.1) is 21.3 Å². The van der Waals surface area contributed by atoms with Crippen LogP contribution in [0.2, 0.25) is 0 Å². The number of hydrogen-bond donors (Lipinski definition) is 1. The second-order valence-electron chi connectivity index (χ2n) is 5.52. The van der Waals surface area contributed by atoms with Gasteiger partial charge in [-0.2, -0.15) is 8.78 Å². The van der Waals surface area contributed by atoms with Crippen molar-refractivity contribution in [3.63, 3.8) is 0 Å². The highest BCUT2D eigenvalue weighted by molar-refractivity contribution is 5.91. The average molecular weight is 393 g/mol. The van der Waals surface area contributed by atoms with E-state index >= 15 is 0 Å². The average Bonchev–Trinajstić information content (AvgIpc) is 2.70. The van der Waals surface area contributed by atoms with Gasteiger partial charge in [0, 0.05) is 18.2 Å². The molecule has 0 saturated heterocycles. The van der Waals surface area contributed by atoms with Gasteiger partial charge in [0.15, 0.2) is 11.5 Å². The van der Waals surface area contributed by atoms with Crippen LogP contribution in [0.3, 0.4) is 0 Å². The zero-order valence-electron chi connectivity index (χ0n) is 15.7. The quantitative estimate of drug-likeness (QED) is 0.659. The molecule has 0 unspecified atom stereocenters. The summed E-state index contributed by atoms with van der Waals surface area (Å²) in [7, 11) is 4.44. The number of alkyl halides is 2. The van der Waals surface area contributed by atoms with Crippen LogP contribution < -0.4 is 24.3 Å². The molecule has 0 aliphatic rings. The molecule has 0 spiro atoms. The van der Waals surface area contributed by atoms with E-state index in [0.29, 0.717) is 17.1 Å². The molecule has 2 aromatic carbocycles. The first-order chi connectivity index (χ1) is 13.5. The smallest absolute Gasteiger partial charge is 0.387 e. The van der Waals surface area contributed by atoms with Gasteiger partial charge in [-0.1, -0.05) is 6.07 Å². The Bertz CT molecular complexity index is 839. The number of methoxy groups -OCH3 is 3. The summed E-state index contributed by atoms with van der Waals surface area (Å²) in [6.45, 7) is -2.71. The van der Waals surface area contributed by atoms with E-state index in [4.69, 9.17) is 14.2 Å². The molecule has 8 heteroatoms. The number of hydrogen-bond acceptors (Lipinski definition) is 5. The Kier molecular flexibility index (Phi) is 7.62. The molecule has 0 heterocycles. The van der Waals surface area contributed by atoms with E-state index in [9.17, 15) is 13.6 Å². The van der Waals surface area contributed by atoms with E-state index in [0.717, 1.165) is 5.56 Å². The van der Waals surface area contributed by atoms with Crippen molar-refractivity contribution >= 4 is 12.0 Å². The molecular weight excluding hydrogens is 372 g/mol. The van der Waals surface area contributed by atoms with E-state index in [1.807, 2.05) is 0 Å². The first-order valence-corrected chi connectivity index (χ1v) is 8.26. The minimum Gasteiger partial charge on any atom is -0.497 e. The van der Waals surface area contributed by atoms with Gasteiger partial charge in [-0.05, 0) is 42.0 Å². The van der Waals surface area contributed by atoms with Gasteiger partial charge in [-0.15, -0.1) is 0 Å². The van der Waals surface area contributed by atoms with Crippen LogP contribution in [0.25, 0.3) is 6.08 Å². The summed E-state index contributed by atoms with van der Waals surface area (Å²) >= 11 is 0. The molecule has 0 aliphatic carbocycles. The fourth-order valence-electron chi connectivity index (χ4n) is 2.41. The maximum absolute atomic E-state index is 12.4. The predicted octanol–water partition coefficient (Wildman–Crippen LogP) is 3.64. The second-order valence-corrected chi connectivity index (χ2v) is 5.52. The zero-order chi connectivity index (χ0) is 20.5. The van der Waals surface area contributed by atoms with Crippen LogP contribution in [0, 0.1) is 0 Å². The van der Waals surface area contributed by atoms with E-state index in [1.54, 1.807) is 32.4 Å². The lowest BCUT2D eigenvalue weighted by Gasteiger charge is -2.11. The van der Waals surface area contributed by atoms with Crippen LogP contribution >= 0.6 is 0 Å². The highest BCUT2D eigenvalue weighted by Gasteiger charge is 2.10. The highest BCUT2D eigenvalue weighted by Crippen LogP contribution is 2.30. The van der Waals surface area contributed by atoms with Crippen molar-refractivity contribution in [1.82, 2.24) is 5.32 Å². The van der Waals surface area contributed by atoms with Crippen molar-refractivity contribution in [3.05, 3.63) is 53.6 Å². The Hall–Kier alpha value is -3.29. The van der Waals surface area contributed by atoms with Crippen molar-refractivity contribution in [2.24, 2.45) is 0 Å². The molecule has 0 aliphatic heterocycles. The summed E-state index contributed by atoms with van der Waals surface area (Å²) in [4.78, 5) is 12.1. The van der Waals surface area contributed by atoms with Crippen LogP contribution in [0.4, 0.5) is 8.78 Å². The molecule has 0 saturated carbocycles. The highest BCUT2D eigenvalue weighted by atomic mass is 19.3. The molecule has 0 radical (unpaired) electrons. The topological polar surface area (TPSA) is 66.0 Å². The first kappa shape index (κ1) is 21.0. The third-order valence-corrected chi connectivity index (χ3v) is 3.77. The van der Waals surface area contributed by atoms with E-state index in [2.05, 4.69) is 10.1 Å². The largest absolute Gasteiger partial charge is 0.497 e. The van der Waals surface area contributed by atoms with E-state index in [-0.39, 0.29) is 24.0 Å². The minimum atomic E-state index is -2.95. The molecule has 0 atom stereocenters. The fourth-order valence-corrected chi connectivity index (χ4v) is 2.41. The van der Waals surface area contributed by atoms with Crippen molar-refractivity contribution in [2.45, 2.75) is 13.2 Å². The van der Waals surface area contributed by atoms with Crippen LogP contribution in [0.1, 0.15) is 11.1 Å². The lowest BCUT2D eigenvalue weighted by Crippen LogP contribution is -2.20. The molecule has 6 nitrogen and oxygen atoms in total. The molecule has 28 heavy (non-hydrogen) atoms. The predicted molar refractivity (Wildman–Crippen MR) is 100 cm³/mol. The Balaban J connectivity index is 2.02. The number of halogens is 2. The second kappa shape index (κ2) is 10.1. The van der Waals surface area contributed by atoms with Crippen molar-refractivity contribution in [3.8, 4) is 23.0 Å². The fraction of sp³-hybridized carbons (Fsp3) is 0.250. The number of ether oxygens (including phenoxy) is 4. The Morgan fingerprint density at radius 1 is 1.00 bits per heavy atom. The molecule has 2 rings (SSSR count). The molecule has 0 bridgehead atoms. The van der Waals surface area contributed by atoms with Gasteiger partial charge in [0.2, 0.25) is 5.91 Å². The number of amides is 1. The van der Waals surface area contributed by atoms with Gasteiger partial charge >= 0.3 is 6.61 Å². The lowest BCUT2D eigenvalue weighted by molar-refractivity contribution is -0.116. The summed E-state index contributed by atoms with van der Waals surface area (Å²) in [6.07, 6.45) is 2.86. The van der Waals surface area contributed by atoms with Crippen LogP contribution in [0.15, 0.2) is 42.5 Å². The van der Waals surface area contributed by atoms with Gasteiger partial charge in [0.25, 0.3) is 0 Å². The molecule has 2 aromatic rings. The zero-order valence-corrected chi connectivity index (χ0v) is 15.7. The maximum atomic E-state index is 12.4. The van der Waals surface area contributed by atoms with E-state index in [1.165, 1.54) is 37.5 Å². The Morgan fingerprint density at radius 3 is 2.36 bits per heavy atom.